The van der Waals surface area contributed by atoms with Crippen LogP contribution in [0.3, 0.4) is 0 Å². The molecule has 0 atom stereocenters. The van der Waals surface area contributed by atoms with E-state index in [1.165, 1.54) is 6.08 Å². The van der Waals surface area contributed by atoms with Crippen molar-refractivity contribution in [3.63, 3.8) is 0 Å². The number of hydrogen-bond donors (Lipinski definition) is 1. The van der Waals surface area contributed by atoms with Gasteiger partial charge in [-0.15, -0.1) is 6.58 Å². The Hall–Kier alpha value is -0.460. The van der Waals surface area contributed by atoms with Crippen LogP contribution in [-0.2, 0) is 14.3 Å². The van der Waals surface area contributed by atoms with Gasteiger partial charge >= 0.3 is 0 Å². The van der Waals surface area contributed by atoms with Gasteiger partial charge in [0.1, 0.15) is 0 Å². The summed E-state index contributed by atoms with van der Waals surface area (Å²) in [5.41, 5.74) is 0. The molecule has 0 bridgehead atoms. The molecule has 4 nitrogen and oxygen atoms in total. The maximum Gasteiger partial charge on any atom is 0.267 e. The van der Waals surface area contributed by atoms with Gasteiger partial charge in [0.25, 0.3) is 10.1 Å². The predicted octanol–water partition coefficient (Wildman–Crippen LogP) is 4.16. The SMILES string of the molecule is C=CCOS(=O)(=O)CCCCCCCCCCCF.N. The molecule has 0 radical (unpaired) electrons. The molecule has 0 fully saturated rings. The van der Waals surface area contributed by atoms with Crippen LogP contribution < -0.4 is 6.15 Å². The van der Waals surface area contributed by atoms with Crippen molar-refractivity contribution < 1.29 is 17.0 Å². The molecular formula is C14H30FNO3S. The summed E-state index contributed by atoms with van der Waals surface area (Å²) in [4.78, 5) is 0. The second-order valence-corrected chi connectivity index (χ2v) is 6.47. The van der Waals surface area contributed by atoms with E-state index in [9.17, 15) is 12.8 Å². The molecule has 0 aromatic heterocycles. The molecule has 20 heavy (non-hydrogen) atoms. The Morgan fingerprint density at radius 1 is 0.900 bits per heavy atom. The molecular weight excluding hydrogens is 281 g/mol. The highest BCUT2D eigenvalue weighted by Gasteiger charge is 2.09. The Kier molecular flexibility index (Phi) is 16.3. The van der Waals surface area contributed by atoms with Crippen molar-refractivity contribution in [2.45, 2.75) is 57.8 Å². The van der Waals surface area contributed by atoms with Crippen LogP contribution in [0.4, 0.5) is 4.39 Å². The zero-order chi connectivity index (χ0) is 14.4. The van der Waals surface area contributed by atoms with E-state index in [-0.39, 0.29) is 25.2 Å². The number of hydrogen-bond acceptors (Lipinski definition) is 4. The van der Waals surface area contributed by atoms with Crippen molar-refractivity contribution in [1.29, 1.82) is 0 Å². The van der Waals surface area contributed by atoms with E-state index in [4.69, 9.17) is 0 Å². The molecule has 0 amide bonds. The van der Waals surface area contributed by atoms with Gasteiger partial charge < -0.3 is 6.15 Å². The minimum Gasteiger partial charge on any atom is -0.344 e. The summed E-state index contributed by atoms with van der Waals surface area (Å²) in [5.74, 6) is 0.0946. The van der Waals surface area contributed by atoms with Crippen molar-refractivity contribution in [3.8, 4) is 0 Å². The van der Waals surface area contributed by atoms with E-state index >= 15 is 0 Å². The van der Waals surface area contributed by atoms with Gasteiger partial charge in [-0.2, -0.15) is 8.42 Å². The standard InChI is InChI=1S/C14H27FO3S.H3N/c1-2-13-18-19(16,17)14-11-9-7-5-3-4-6-8-10-12-15;/h2H,1,3-14H2;1H3. The number of halogens is 1. The summed E-state index contributed by atoms with van der Waals surface area (Å²) in [6, 6.07) is 0. The summed E-state index contributed by atoms with van der Waals surface area (Å²) in [7, 11) is -3.36. The van der Waals surface area contributed by atoms with Crippen molar-refractivity contribution >= 4 is 10.1 Å². The maximum absolute atomic E-state index is 11.8. The van der Waals surface area contributed by atoms with Crippen LogP contribution in [0.25, 0.3) is 0 Å². The van der Waals surface area contributed by atoms with Gasteiger partial charge in [-0.3, -0.25) is 8.57 Å². The Bertz CT molecular complexity index is 308. The van der Waals surface area contributed by atoms with Gasteiger partial charge in [-0.05, 0) is 12.8 Å². The second-order valence-electron chi connectivity index (χ2n) is 4.71. The molecule has 0 saturated carbocycles. The van der Waals surface area contributed by atoms with Gasteiger partial charge in [-0.1, -0.05) is 51.0 Å². The third kappa shape index (κ3) is 15.6. The molecule has 0 aliphatic rings. The lowest BCUT2D eigenvalue weighted by Gasteiger charge is -2.04. The van der Waals surface area contributed by atoms with Crippen molar-refractivity contribution in [2.24, 2.45) is 0 Å². The van der Waals surface area contributed by atoms with E-state index in [1.54, 1.807) is 0 Å². The van der Waals surface area contributed by atoms with E-state index in [0.717, 1.165) is 44.9 Å². The first-order valence-corrected chi connectivity index (χ1v) is 8.74. The lowest BCUT2D eigenvalue weighted by atomic mass is 10.1. The predicted molar refractivity (Wildman–Crippen MR) is 82.5 cm³/mol. The Morgan fingerprint density at radius 2 is 1.35 bits per heavy atom. The topological polar surface area (TPSA) is 78.4 Å². The summed E-state index contributed by atoms with van der Waals surface area (Å²) < 4.78 is 39.2. The minimum absolute atomic E-state index is 0. The monoisotopic (exact) mass is 311 g/mol. The van der Waals surface area contributed by atoms with Gasteiger partial charge in [0, 0.05) is 0 Å². The van der Waals surface area contributed by atoms with Crippen LogP contribution >= 0.6 is 0 Å². The first kappa shape index (κ1) is 21.8. The first-order valence-electron chi connectivity index (χ1n) is 7.16. The van der Waals surface area contributed by atoms with Crippen LogP contribution in [0, 0.1) is 0 Å². The van der Waals surface area contributed by atoms with Gasteiger partial charge in [-0.25, -0.2) is 0 Å². The molecule has 0 aliphatic carbocycles. The minimum atomic E-state index is -3.36. The fraction of sp³-hybridized carbons (Fsp3) is 0.857. The van der Waals surface area contributed by atoms with E-state index in [1.807, 2.05) is 0 Å². The third-order valence-corrected chi connectivity index (χ3v) is 4.18. The molecule has 0 aromatic carbocycles. The molecule has 0 unspecified atom stereocenters. The van der Waals surface area contributed by atoms with Crippen molar-refractivity contribution in [3.05, 3.63) is 12.7 Å². The van der Waals surface area contributed by atoms with Crippen LogP contribution in [0.2, 0.25) is 0 Å². The molecule has 122 valence electrons. The number of unbranched alkanes of at least 4 members (excludes halogenated alkanes) is 8. The largest absolute Gasteiger partial charge is 0.344 e. The summed E-state index contributed by atoms with van der Waals surface area (Å²) in [6.45, 7) is 3.26. The highest BCUT2D eigenvalue weighted by Crippen LogP contribution is 2.10. The van der Waals surface area contributed by atoms with Crippen LogP contribution in [0.15, 0.2) is 12.7 Å². The summed E-state index contributed by atoms with van der Waals surface area (Å²) in [6.07, 6.45) is 10.3. The van der Waals surface area contributed by atoms with E-state index in [2.05, 4.69) is 10.8 Å². The normalized spacial score (nSPS) is 11.1. The van der Waals surface area contributed by atoms with E-state index in [0.29, 0.717) is 12.8 Å². The van der Waals surface area contributed by atoms with Gasteiger partial charge in [0.2, 0.25) is 0 Å². The molecule has 0 saturated heterocycles. The maximum atomic E-state index is 11.8. The van der Waals surface area contributed by atoms with E-state index < -0.39 is 10.1 Å². The fourth-order valence-corrected chi connectivity index (χ4v) is 2.80. The van der Waals surface area contributed by atoms with Crippen molar-refractivity contribution in [2.75, 3.05) is 19.0 Å². The molecule has 0 heterocycles. The zero-order valence-electron chi connectivity index (χ0n) is 12.5. The highest BCUT2D eigenvalue weighted by atomic mass is 32.2. The Balaban J connectivity index is 0. The number of rotatable bonds is 14. The zero-order valence-corrected chi connectivity index (χ0v) is 13.3. The molecule has 3 N–H and O–H groups in total. The Labute approximate surface area is 123 Å². The second kappa shape index (κ2) is 14.9. The molecule has 6 heteroatoms. The number of alkyl halides is 1. The summed E-state index contributed by atoms with van der Waals surface area (Å²) >= 11 is 0. The van der Waals surface area contributed by atoms with Crippen LogP contribution in [0.5, 0.6) is 0 Å². The highest BCUT2D eigenvalue weighted by molar-refractivity contribution is 7.86. The molecule has 0 aromatic rings. The lowest BCUT2D eigenvalue weighted by molar-refractivity contribution is 0.356. The van der Waals surface area contributed by atoms with Crippen LogP contribution in [0.1, 0.15) is 57.8 Å². The van der Waals surface area contributed by atoms with Gasteiger partial charge in [0.05, 0.1) is 19.0 Å². The van der Waals surface area contributed by atoms with Crippen LogP contribution in [-0.4, -0.2) is 27.5 Å². The average molecular weight is 311 g/mol. The average Bonchev–Trinajstić information content (AvgIpc) is 2.38. The van der Waals surface area contributed by atoms with Crippen molar-refractivity contribution in [1.82, 2.24) is 6.15 Å². The molecule has 0 rings (SSSR count). The van der Waals surface area contributed by atoms with Gasteiger partial charge in [0.15, 0.2) is 0 Å². The lowest BCUT2D eigenvalue weighted by Crippen LogP contribution is -2.10. The molecule has 0 spiro atoms. The summed E-state index contributed by atoms with van der Waals surface area (Å²) in [5, 5.41) is 0. The quantitative estimate of drug-likeness (QED) is 0.297. The first-order chi connectivity index (χ1) is 9.12. The fourth-order valence-electron chi connectivity index (χ4n) is 1.82. The Morgan fingerprint density at radius 3 is 1.80 bits per heavy atom. The smallest absolute Gasteiger partial charge is 0.267 e. The molecule has 0 aliphatic heterocycles. The third-order valence-electron chi connectivity index (χ3n) is 2.89.